The van der Waals surface area contributed by atoms with Crippen molar-refractivity contribution in [1.29, 1.82) is 0 Å². The highest BCUT2D eigenvalue weighted by Crippen LogP contribution is 2.36. The van der Waals surface area contributed by atoms with Crippen molar-refractivity contribution in [1.82, 2.24) is 5.32 Å². The van der Waals surface area contributed by atoms with Crippen LogP contribution in [0.15, 0.2) is 78.9 Å². The fourth-order valence-electron chi connectivity index (χ4n) is 4.09. The Labute approximate surface area is 235 Å². The molecule has 4 amide bonds. The van der Waals surface area contributed by atoms with Crippen LogP contribution >= 0.6 is 22.6 Å². The van der Waals surface area contributed by atoms with E-state index in [-0.39, 0.29) is 5.57 Å². The Kier molecular flexibility index (Phi) is 8.62. The lowest BCUT2D eigenvalue weighted by Crippen LogP contribution is -2.54. The first-order valence-electron chi connectivity index (χ1n) is 12.1. The highest BCUT2D eigenvalue weighted by atomic mass is 127. The van der Waals surface area contributed by atoms with Gasteiger partial charge in [0.05, 0.1) is 12.3 Å². The van der Waals surface area contributed by atoms with Crippen LogP contribution in [0, 0.1) is 10.5 Å². The summed E-state index contributed by atoms with van der Waals surface area (Å²) in [5.41, 5.74) is 3.34. The van der Waals surface area contributed by atoms with Crippen LogP contribution in [0.5, 0.6) is 11.5 Å². The molecule has 3 aromatic rings. The van der Waals surface area contributed by atoms with E-state index in [2.05, 4.69) is 34.5 Å². The number of amides is 4. The summed E-state index contributed by atoms with van der Waals surface area (Å²) in [6.07, 6.45) is 3.69. The molecule has 0 atom stereocenters. The maximum Gasteiger partial charge on any atom is 0.335 e. The molecule has 1 N–H and O–H groups in total. The van der Waals surface area contributed by atoms with E-state index in [0.717, 1.165) is 25.2 Å². The van der Waals surface area contributed by atoms with Crippen LogP contribution in [-0.4, -0.2) is 24.5 Å². The lowest BCUT2D eigenvalue weighted by molar-refractivity contribution is -0.122. The number of urea groups is 1. The number of allylic oxidation sites excluding steroid dienone is 1. The molecule has 1 aliphatic heterocycles. The zero-order chi connectivity index (χ0) is 27.2. The van der Waals surface area contributed by atoms with Crippen molar-refractivity contribution in [2.45, 2.75) is 26.9 Å². The highest BCUT2D eigenvalue weighted by Gasteiger charge is 2.37. The van der Waals surface area contributed by atoms with Gasteiger partial charge in [0, 0.05) is 9.13 Å². The lowest BCUT2D eigenvalue weighted by Gasteiger charge is -2.27. The summed E-state index contributed by atoms with van der Waals surface area (Å²) in [6.45, 7) is 8.25. The monoisotopic (exact) mass is 622 g/mol. The predicted molar refractivity (Wildman–Crippen MR) is 155 cm³/mol. The molecule has 1 aliphatic rings. The molecule has 1 heterocycles. The summed E-state index contributed by atoms with van der Waals surface area (Å²) in [5.74, 6) is -0.397. The maximum atomic E-state index is 13.4. The molecule has 194 valence electrons. The van der Waals surface area contributed by atoms with Gasteiger partial charge in [-0.15, -0.1) is 6.58 Å². The lowest BCUT2D eigenvalue weighted by atomic mass is 10.0. The second kappa shape index (κ2) is 12.1. The third-order valence-corrected chi connectivity index (χ3v) is 6.60. The Bertz CT molecular complexity index is 1430. The van der Waals surface area contributed by atoms with E-state index < -0.39 is 17.8 Å². The van der Waals surface area contributed by atoms with E-state index in [1.807, 2.05) is 43.3 Å². The number of carbonyl (C=O) groups is 3. The number of aryl methyl sites for hydroxylation is 1. The smallest absolute Gasteiger partial charge is 0.335 e. The Morgan fingerprint density at radius 2 is 1.76 bits per heavy atom. The van der Waals surface area contributed by atoms with Crippen LogP contribution in [0.1, 0.15) is 29.2 Å². The van der Waals surface area contributed by atoms with Crippen LogP contribution in [0.2, 0.25) is 0 Å². The first kappa shape index (κ1) is 27.1. The maximum absolute atomic E-state index is 13.4. The first-order valence-corrected chi connectivity index (χ1v) is 13.1. The van der Waals surface area contributed by atoms with Crippen molar-refractivity contribution in [3.8, 4) is 11.5 Å². The molecule has 0 spiro atoms. The van der Waals surface area contributed by atoms with Crippen LogP contribution < -0.4 is 19.7 Å². The van der Waals surface area contributed by atoms with Gasteiger partial charge in [0.2, 0.25) is 0 Å². The van der Waals surface area contributed by atoms with E-state index in [9.17, 15) is 14.4 Å². The van der Waals surface area contributed by atoms with E-state index in [0.29, 0.717) is 42.4 Å². The van der Waals surface area contributed by atoms with Crippen LogP contribution in [0.3, 0.4) is 0 Å². The molecular weight excluding hydrogens is 595 g/mol. The molecule has 0 bridgehead atoms. The zero-order valence-corrected chi connectivity index (χ0v) is 23.3. The van der Waals surface area contributed by atoms with Gasteiger partial charge in [-0.25, -0.2) is 9.69 Å². The number of hydrogen-bond acceptors (Lipinski definition) is 5. The average molecular weight is 622 g/mol. The Morgan fingerprint density at radius 1 is 1.03 bits per heavy atom. The Hall–Kier alpha value is -3.92. The molecule has 3 aromatic carbocycles. The van der Waals surface area contributed by atoms with E-state index in [1.54, 1.807) is 37.3 Å². The predicted octanol–water partition coefficient (Wildman–Crippen LogP) is 5.97. The van der Waals surface area contributed by atoms with E-state index in [4.69, 9.17) is 9.47 Å². The van der Waals surface area contributed by atoms with Crippen molar-refractivity contribution >= 4 is 52.2 Å². The van der Waals surface area contributed by atoms with Crippen LogP contribution in [0.25, 0.3) is 6.08 Å². The van der Waals surface area contributed by atoms with E-state index >= 15 is 0 Å². The number of barbiturate groups is 1. The number of rotatable bonds is 9. The summed E-state index contributed by atoms with van der Waals surface area (Å²) in [6, 6.07) is 17.8. The summed E-state index contributed by atoms with van der Waals surface area (Å²) in [4.78, 5) is 39.7. The number of nitrogens with one attached hydrogen (secondary N) is 1. The molecule has 0 saturated carbocycles. The molecule has 8 heteroatoms. The van der Waals surface area contributed by atoms with Crippen molar-refractivity contribution in [2.75, 3.05) is 11.5 Å². The molecule has 0 unspecified atom stereocenters. The molecular formula is C30H27IN2O5. The van der Waals surface area contributed by atoms with Gasteiger partial charge in [-0.05, 0) is 96.0 Å². The average Bonchev–Trinajstić information content (AvgIpc) is 2.88. The quantitative estimate of drug-likeness (QED) is 0.138. The van der Waals surface area contributed by atoms with Crippen molar-refractivity contribution in [3.05, 3.63) is 105 Å². The van der Waals surface area contributed by atoms with Gasteiger partial charge < -0.3 is 9.47 Å². The van der Waals surface area contributed by atoms with Gasteiger partial charge in [0.25, 0.3) is 11.8 Å². The third kappa shape index (κ3) is 5.96. The Morgan fingerprint density at radius 3 is 2.45 bits per heavy atom. The molecule has 1 saturated heterocycles. The SMILES string of the molecule is C=CCc1cc(/C=C2\C(=O)NC(=O)N(c3ccccc3C)C2=O)cc(OCC)c1OCc1ccc(I)cc1. The van der Waals surface area contributed by atoms with E-state index in [1.165, 1.54) is 6.08 Å². The minimum atomic E-state index is -0.784. The summed E-state index contributed by atoms with van der Waals surface area (Å²) in [5, 5.41) is 2.28. The number of benzene rings is 3. The largest absolute Gasteiger partial charge is 0.490 e. The molecule has 7 nitrogen and oxygen atoms in total. The summed E-state index contributed by atoms with van der Waals surface area (Å²) < 4.78 is 13.2. The molecule has 38 heavy (non-hydrogen) atoms. The third-order valence-electron chi connectivity index (χ3n) is 5.88. The number of nitrogens with zero attached hydrogens (tertiary/aromatic N) is 1. The fraction of sp³-hybridized carbons (Fsp3) is 0.167. The van der Waals surface area contributed by atoms with Gasteiger partial charge in [-0.2, -0.15) is 0 Å². The summed E-state index contributed by atoms with van der Waals surface area (Å²) >= 11 is 2.25. The van der Waals surface area contributed by atoms with Gasteiger partial charge in [-0.3, -0.25) is 14.9 Å². The molecule has 0 radical (unpaired) electrons. The fourth-order valence-corrected chi connectivity index (χ4v) is 4.45. The van der Waals surface area contributed by atoms with Gasteiger partial charge >= 0.3 is 6.03 Å². The molecule has 4 rings (SSSR count). The Balaban J connectivity index is 1.72. The highest BCUT2D eigenvalue weighted by molar-refractivity contribution is 14.1. The molecule has 0 aromatic heterocycles. The minimum Gasteiger partial charge on any atom is -0.490 e. The van der Waals surface area contributed by atoms with Crippen molar-refractivity contribution in [2.24, 2.45) is 0 Å². The molecule has 1 fully saturated rings. The number of carbonyl (C=O) groups excluding carboxylic acids is 3. The number of ether oxygens (including phenoxy) is 2. The first-order chi connectivity index (χ1) is 18.3. The zero-order valence-electron chi connectivity index (χ0n) is 21.1. The number of imide groups is 2. The number of halogens is 1. The number of para-hydroxylation sites is 1. The second-order valence-electron chi connectivity index (χ2n) is 8.59. The van der Waals surface area contributed by atoms with Gasteiger partial charge in [0.15, 0.2) is 11.5 Å². The standard InChI is InChI=1S/C30H27IN2O5/c1-4-8-22-15-21(17-26(37-5-2)27(22)38-18-20-11-13-23(31)14-12-20)16-24-28(34)32-30(36)33(29(24)35)25-10-7-6-9-19(25)3/h4,6-7,9-17H,1,5,8,18H2,2-3H3,(H,32,34,36)/b24-16+. The topological polar surface area (TPSA) is 84.9 Å². The van der Waals surface area contributed by atoms with Gasteiger partial charge in [0.1, 0.15) is 12.2 Å². The summed E-state index contributed by atoms with van der Waals surface area (Å²) in [7, 11) is 0. The van der Waals surface area contributed by atoms with Gasteiger partial charge in [-0.1, -0.05) is 36.4 Å². The normalized spacial score (nSPS) is 14.4. The minimum absolute atomic E-state index is 0.160. The molecule has 0 aliphatic carbocycles. The van der Waals surface area contributed by atoms with Crippen LogP contribution in [0.4, 0.5) is 10.5 Å². The van der Waals surface area contributed by atoms with Crippen molar-refractivity contribution < 1.29 is 23.9 Å². The van der Waals surface area contributed by atoms with Crippen LogP contribution in [-0.2, 0) is 22.6 Å². The van der Waals surface area contributed by atoms with Crippen molar-refractivity contribution in [3.63, 3.8) is 0 Å². The number of hydrogen-bond donors (Lipinski definition) is 1. The second-order valence-corrected chi connectivity index (χ2v) is 9.84. The number of anilines is 1.